The number of rotatable bonds is 13. The van der Waals surface area contributed by atoms with Crippen LogP contribution in [0.1, 0.15) is 11.3 Å². The van der Waals surface area contributed by atoms with E-state index in [-0.39, 0.29) is 12.6 Å². The molecule has 0 amide bonds. The predicted octanol–water partition coefficient (Wildman–Crippen LogP) is 1.22. The molecule has 0 bridgehead atoms. The number of aliphatic imine (C=N–C) groups is 2. The summed E-state index contributed by atoms with van der Waals surface area (Å²) in [5.74, 6) is 0.675. The average molecular weight is 441 g/mol. The summed E-state index contributed by atoms with van der Waals surface area (Å²) < 4.78 is 4.93. The van der Waals surface area contributed by atoms with Crippen molar-refractivity contribution < 1.29 is 14.4 Å². The summed E-state index contributed by atoms with van der Waals surface area (Å²) in [7, 11) is 3.07. The third-order valence-electron chi connectivity index (χ3n) is 4.00. The van der Waals surface area contributed by atoms with Crippen molar-refractivity contribution in [2.45, 2.75) is 6.54 Å². The van der Waals surface area contributed by atoms with Crippen molar-refractivity contribution in [1.29, 1.82) is 0 Å². The van der Waals surface area contributed by atoms with Crippen LogP contribution in [0.25, 0.3) is 5.57 Å². The molecule has 2 aromatic rings. The van der Waals surface area contributed by atoms with Gasteiger partial charge in [0.1, 0.15) is 6.73 Å². The number of pyridine rings is 2. The van der Waals surface area contributed by atoms with E-state index in [9.17, 15) is 4.79 Å². The molecule has 0 aliphatic carbocycles. The lowest BCUT2D eigenvalue weighted by molar-refractivity contribution is -0.102. The first-order chi connectivity index (χ1) is 15.7. The van der Waals surface area contributed by atoms with Gasteiger partial charge in [0.05, 0.1) is 25.0 Å². The highest BCUT2D eigenvalue weighted by Gasteiger charge is 2.10. The Bertz CT molecular complexity index is 932. The Hall–Kier alpha value is -3.67. The first-order valence-corrected chi connectivity index (χ1v) is 9.79. The van der Waals surface area contributed by atoms with Gasteiger partial charge in [-0.25, -0.2) is 10.5 Å². The van der Waals surface area contributed by atoms with Gasteiger partial charge in [-0.2, -0.15) is 0 Å². The lowest BCUT2D eigenvalue weighted by atomic mass is 10.2. The van der Waals surface area contributed by atoms with Gasteiger partial charge in [0.15, 0.2) is 17.9 Å². The van der Waals surface area contributed by atoms with E-state index in [1.807, 2.05) is 12.1 Å². The minimum Gasteiger partial charge on any atom is -0.404 e. The van der Waals surface area contributed by atoms with Gasteiger partial charge >= 0.3 is 0 Å². The van der Waals surface area contributed by atoms with E-state index in [0.717, 1.165) is 5.56 Å². The fourth-order valence-corrected chi connectivity index (χ4v) is 2.52. The smallest absolute Gasteiger partial charge is 0.185 e. The molecule has 0 aromatic carbocycles. The highest BCUT2D eigenvalue weighted by molar-refractivity contribution is 6.33. The Labute approximate surface area is 186 Å². The summed E-state index contributed by atoms with van der Waals surface area (Å²) in [6.07, 6.45) is 7.12. The third kappa shape index (κ3) is 8.22. The molecule has 2 heterocycles. The third-order valence-corrected chi connectivity index (χ3v) is 4.00. The number of amidine groups is 1. The van der Waals surface area contributed by atoms with Crippen LogP contribution in [0.4, 0.5) is 11.5 Å². The summed E-state index contributed by atoms with van der Waals surface area (Å²) in [5, 5.41) is 6.28. The van der Waals surface area contributed by atoms with Gasteiger partial charge < -0.3 is 25.9 Å². The van der Waals surface area contributed by atoms with Crippen molar-refractivity contribution in [2.75, 3.05) is 44.7 Å². The fraction of sp³-hybridized carbons (Fsp3) is 0.286. The molecule has 11 heteroatoms. The molecule has 0 fully saturated rings. The van der Waals surface area contributed by atoms with Crippen molar-refractivity contribution in [3.63, 3.8) is 0 Å². The fourth-order valence-electron chi connectivity index (χ4n) is 2.52. The van der Waals surface area contributed by atoms with Gasteiger partial charge in [-0.3, -0.25) is 19.8 Å². The molecule has 0 unspecified atom stereocenters. The number of nitrogens with one attached hydrogen (secondary N) is 3. The van der Waals surface area contributed by atoms with Crippen LogP contribution in [0, 0.1) is 0 Å². The number of allylic oxidation sites excluding steroid dienone is 1. The maximum Gasteiger partial charge on any atom is 0.185 e. The lowest BCUT2D eigenvalue weighted by Gasteiger charge is -2.14. The molecule has 0 saturated heterocycles. The number of methoxy groups -OCH3 is 1. The summed E-state index contributed by atoms with van der Waals surface area (Å²) in [6.45, 7) is 1.50. The van der Waals surface area contributed by atoms with E-state index in [0.29, 0.717) is 48.7 Å². The number of hydrogen-bond donors (Lipinski definition) is 4. The van der Waals surface area contributed by atoms with Crippen LogP contribution in [0.15, 0.2) is 52.8 Å². The normalized spacial score (nSPS) is 12.2. The van der Waals surface area contributed by atoms with Crippen LogP contribution in [0.5, 0.6) is 0 Å². The molecular formula is C21H28N8O3. The quantitative estimate of drug-likeness (QED) is 0.119. The number of hydrogen-bond acceptors (Lipinski definition) is 10. The van der Waals surface area contributed by atoms with E-state index in [1.54, 1.807) is 37.9 Å². The number of carbonyl (C=O) groups excluding carboxylic acids is 1. The summed E-state index contributed by atoms with van der Waals surface area (Å²) in [4.78, 5) is 33.4. The standard InChI is InChI=1S/C21H28N8O3/c1-31-15-24-13-17(10-22)18-5-6-19(28-20(14-30)25-8-9-27-32-2)21(29-18)26-12-16-4-3-7-23-11-16/h3-7,10-11,13-14,27H,8-9,12,15,22H2,1-2H3,(H,25,28)(H,26,29)/b17-10+,24-13?. The van der Waals surface area contributed by atoms with Gasteiger partial charge in [-0.1, -0.05) is 6.07 Å². The number of hydroxylamine groups is 1. The van der Waals surface area contributed by atoms with Crippen LogP contribution >= 0.6 is 0 Å². The molecule has 0 atom stereocenters. The minimum atomic E-state index is 0.165. The van der Waals surface area contributed by atoms with Gasteiger partial charge in [0.25, 0.3) is 0 Å². The second-order valence-electron chi connectivity index (χ2n) is 6.27. The molecule has 11 nitrogen and oxygen atoms in total. The molecule has 0 spiro atoms. The first-order valence-electron chi connectivity index (χ1n) is 9.79. The van der Waals surface area contributed by atoms with E-state index in [1.165, 1.54) is 13.3 Å². The van der Waals surface area contributed by atoms with Crippen molar-refractivity contribution in [3.8, 4) is 0 Å². The number of carbonyl (C=O) groups is 1. The molecular weight excluding hydrogens is 412 g/mol. The number of aromatic nitrogens is 2. The first kappa shape index (κ1) is 24.6. The van der Waals surface area contributed by atoms with Crippen molar-refractivity contribution >= 4 is 35.4 Å². The minimum absolute atomic E-state index is 0.165. The molecule has 0 aliphatic rings. The van der Waals surface area contributed by atoms with Crippen LogP contribution in [-0.2, 0) is 20.9 Å². The van der Waals surface area contributed by atoms with Gasteiger partial charge in [0, 0.05) is 50.6 Å². The zero-order chi connectivity index (χ0) is 23.0. The molecule has 0 saturated carbocycles. The zero-order valence-corrected chi connectivity index (χ0v) is 18.1. The largest absolute Gasteiger partial charge is 0.404 e. The summed E-state index contributed by atoms with van der Waals surface area (Å²) in [6, 6.07) is 7.35. The number of ether oxygens (including phenoxy) is 1. The van der Waals surface area contributed by atoms with Gasteiger partial charge in [-0.15, -0.1) is 0 Å². The lowest BCUT2D eigenvalue weighted by Crippen LogP contribution is -2.20. The Kier molecular flexibility index (Phi) is 11.0. The summed E-state index contributed by atoms with van der Waals surface area (Å²) in [5.41, 5.74) is 11.2. The highest BCUT2D eigenvalue weighted by Crippen LogP contribution is 2.23. The number of nitrogens with zero attached hydrogens (tertiary/aromatic N) is 4. The number of nitrogens with two attached hydrogens (primary N) is 1. The van der Waals surface area contributed by atoms with Gasteiger partial charge in [-0.05, 0) is 23.8 Å². The molecule has 5 N–H and O–H groups in total. The Balaban J connectivity index is 2.28. The SMILES string of the molecule is COCN=C/C(=C\N)c1ccc(NC(C=O)=NCCNOC)c(NCc2cccnc2)n1. The van der Waals surface area contributed by atoms with E-state index in [2.05, 4.69) is 36.1 Å². The Morgan fingerprint density at radius 1 is 1.28 bits per heavy atom. The average Bonchev–Trinajstić information content (AvgIpc) is 2.83. The molecule has 2 rings (SSSR count). The molecule has 0 aliphatic heterocycles. The second-order valence-corrected chi connectivity index (χ2v) is 6.27. The maximum absolute atomic E-state index is 11.5. The molecule has 2 aromatic heterocycles. The number of aldehydes is 1. The van der Waals surface area contributed by atoms with Crippen molar-refractivity contribution in [2.24, 2.45) is 15.7 Å². The molecule has 170 valence electrons. The Morgan fingerprint density at radius 3 is 2.84 bits per heavy atom. The second kappa shape index (κ2) is 14.4. The van der Waals surface area contributed by atoms with E-state index >= 15 is 0 Å². The topological polar surface area (TPSA) is 148 Å². The highest BCUT2D eigenvalue weighted by atomic mass is 16.6. The van der Waals surface area contributed by atoms with Crippen molar-refractivity contribution in [1.82, 2.24) is 15.4 Å². The van der Waals surface area contributed by atoms with Crippen LogP contribution < -0.4 is 21.8 Å². The van der Waals surface area contributed by atoms with Gasteiger partial charge in [0.2, 0.25) is 0 Å². The zero-order valence-electron chi connectivity index (χ0n) is 18.1. The monoisotopic (exact) mass is 440 g/mol. The molecule has 0 radical (unpaired) electrons. The summed E-state index contributed by atoms with van der Waals surface area (Å²) >= 11 is 0. The molecule has 32 heavy (non-hydrogen) atoms. The van der Waals surface area contributed by atoms with Crippen LogP contribution in [0.3, 0.4) is 0 Å². The number of anilines is 2. The van der Waals surface area contributed by atoms with Crippen LogP contribution in [-0.4, -0.2) is 62.3 Å². The van der Waals surface area contributed by atoms with Crippen LogP contribution in [0.2, 0.25) is 0 Å². The van der Waals surface area contributed by atoms with E-state index in [4.69, 9.17) is 15.3 Å². The maximum atomic E-state index is 11.5. The Morgan fingerprint density at radius 2 is 2.16 bits per heavy atom. The van der Waals surface area contributed by atoms with E-state index < -0.39 is 0 Å². The van der Waals surface area contributed by atoms with Crippen molar-refractivity contribution in [3.05, 3.63) is 54.1 Å². The predicted molar refractivity (Wildman–Crippen MR) is 125 cm³/mol.